The molecule has 0 saturated heterocycles. The fourth-order valence-electron chi connectivity index (χ4n) is 2.17. The predicted octanol–water partition coefficient (Wildman–Crippen LogP) is 2.46. The van der Waals surface area contributed by atoms with Crippen LogP contribution in [0.5, 0.6) is 5.75 Å². The van der Waals surface area contributed by atoms with Gasteiger partial charge in [-0.15, -0.1) is 12.4 Å². The Hall–Kier alpha value is -1.26. The van der Waals surface area contributed by atoms with E-state index in [1.54, 1.807) is 7.11 Å². The van der Waals surface area contributed by atoms with Gasteiger partial charge in [-0.2, -0.15) is 0 Å². The van der Waals surface area contributed by atoms with Crippen molar-refractivity contribution in [1.29, 1.82) is 0 Å². The van der Waals surface area contributed by atoms with Crippen LogP contribution in [0.3, 0.4) is 0 Å². The Morgan fingerprint density at radius 1 is 1.38 bits per heavy atom. The summed E-state index contributed by atoms with van der Waals surface area (Å²) in [6.45, 7) is 6.74. The molecule has 0 bridgehead atoms. The number of ether oxygens (including phenoxy) is 1. The van der Waals surface area contributed by atoms with E-state index in [0.29, 0.717) is 18.9 Å². The number of halogens is 1. The monoisotopic (exact) mass is 314 g/mol. The summed E-state index contributed by atoms with van der Waals surface area (Å²) in [6.07, 6.45) is 1.45. The summed E-state index contributed by atoms with van der Waals surface area (Å²) in [5.41, 5.74) is 8.13. The minimum Gasteiger partial charge on any atom is -0.496 e. The molecule has 5 heteroatoms. The van der Waals surface area contributed by atoms with Gasteiger partial charge in [0.1, 0.15) is 5.75 Å². The fraction of sp³-hybridized carbons (Fsp3) is 0.562. The molecule has 0 aliphatic rings. The summed E-state index contributed by atoms with van der Waals surface area (Å²) in [6, 6.07) is 5.63. The number of rotatable bonds is 7. The van der Waals surface area contributed by atoms with E-state index in [4.69, 9.17) is 10.5 Å². The van der Waals surface area contributed by atoms with Crippen LogP contribution in [0.25, 0.3) is 0 Å². The van der Waals surface area contributed by atoms with E-state index in [2.05, 4.69) is 25.2 Å². The SMILES string of the molecule is COc1ccc(C)cc1CCNC(=O)[C@@H](N)CC(C)C.Cl. The molecule has 0 aliphatic carbocycles. The number of hydrogen-bond donors (Lipinski definition) is 2. The molecule has 1 rings (SSSR count). The summed E-state index contributed by atoms with van der Waals surface area (Å²) < 4.78 is 5.32. The average molecular weight is 315 g/mol. The lowest BCUT2D eigenvalue weighted by molar-refractivity contribution is -0.122. The minimum atomic E-state index is -0.422. The predicted molar refractivity (Wildman–Crippen MR) is 89.1 cm³/mol. The Morgan fingerprint density at radius 3 is 2.62 bits per heavy atom. The molecule has 1 aromatic carbocycles. The number of carbonyl (C=O) groups is 1. The average Bonchev–Trinajstić information content (AvgIpc) is 2.38. The summed E-state index contributed by atoms with van der Waals surface area (Å²) in [4.78, 5) is 11.8. The van der Waals surface area contributed by atoms with Crippen molar-refractivity contribution in [1.82, 2.24) is 5.32 Å². The van der Waals surface area contributed by atoms with Gasteiger partial charge in [0, 0.05) is 6.54 Å². The van der Waals surface area contributed by atoms with Gasteiger partial charge < -0.3 is 15.8 Å². The maximum absolute atomic E-state index is 11.8. The highest BCUT2D eigenvalue weighted by molar-refractivity contribution is 5.85. The number of amides is 1. The second-order valence-corrected chi connectivity index (χ2v) is 5.59. The summed E-state index contributed by atoms with van der Waals surface area (Å²) in [5, 5.41) is 2.89. The maximum Gasteiger partial charge on any atom is 0.236 e. The number of nitrogens with two attached hydrogens (primary N) is 1. The van der Waals surface area contributed by atoms with Gasteiger partial charge in [0.25, 0.3) is 0 Å². The topological polar surface area (TPSA) is 64.3 Å². The largest absolute Gasteiger partial charge is 0.496 e. The Balaban J connectivity index is 0.00000400. The molecule has 1 atom stereocenters. The molecule has 0 radical (unpaired) electrons. The molecule has 4 nitrogen and oxygen atoms in total. The second-order valence-electron chi connectivity index (χ2n) is 5.59. The smallest absolute Gasteiger partial charge is 0.236 e. The molecule has 0 spiro atoms. The van der Waals surface area contributed by atoms with E-state index in [0.717, 1.165) is 17.7 Å². The third-order valence-corrected chi connectivity index (χ3v) is 3.19. The van der Waals surface area contributed by atoms with Crippen molar-refractivity contribution < 1.29 is 9.53 Å². The van der Waals surface area contributed by atoms with Crippen molar-refractivity contribution in [3.8, 4) is 5.75 Å². The fourth-order valence-corrected chi connectivity index (χ4v) is 2.17. The third-order valence-electron chi connectivity index (χ3n) is 3.19. The highest BCUT2D eigenvalue weighted by Gasteiger charge is 2.14. The van der Waals surface area contributed by atoms with Gasteiger partial charge in [-0.1, -0.05) is 31.5 Å². The van der Waals surface area contributed by atoms with Crippen molar-refractivity contribution >= 4 is 18.3 Å². The molecule has 0 aromatic heterocycles. The number of carbonyl (C=O) groups excluding carboxylic acids is 1. The van der Waals surface area contributed by atoms with Crippen LogP contribution in [-0.2, 0) is 11.2 Å². The van der Waals surface area contributed by atoms with E-state index in [9.17, 15) is 4.79 Å². The third kappa shape index (κ3) is 6.82. The van der Waals surface area contributed by atoms with Gasteiger partial charge in [0.2, 0.25) is 5.91 Å². The van der Waals surface area contributed by atoms with Crippen LogP contribution in [-0.4, -0.2) is 25.6 Å². The minimum absolute atomic E-state index is 0. The Kier molecular flexibility index (Phi) is 9.06. The first-order chi connectivity index (χ1) is 9.43. The quantitative estimate of drug-likeness (QED) is 0.812. The van der Waals surface area contributed by atoms with Crippen LogP contribution in [0.15, 0.2) is 18.2 Å². The number of hydrogen-bond acceptors (Lipinski definition) is 3. The van der Waals surface area contributed by atoms with Crippen LogP contribution in [0, 0.1) is 12.8 Å². The zero-order valence-electron chi connectivity index (χ0n) is 13.3. The van der Waals surface area contributed by atoms with E-state index < -0.39 is 6.04 Å². The van der Waals surface area contributed by atoms with Crippen molar-refractivity contribution in [2.24, 2.45) is 11.7 Å². The van der Waals surface area contributed by atoms with E-state index in [1.807, 2.05) is 19.1 Å². The first kappa shape index (κ1) is 19.7. The van der Waals surface area contributed by atoms with E-state index in [-0.39, 0.29) is 18.3 Å². The lowest BCUT2D eigenvalue weighted by Gasteiger charge is -2.15. The van der Waals surface area contributed by atoms with Crippen molar-refractivity contribution in [3.05, 3.63) is 29.3 Å². The van der Waals surface area contributed by atoms with Crippen molar-refractivity contribution in [2.75, 3.05) is 13.7 Å². The van der Waals surface area contributed by atoms with Gasteiger partial charge in [0.15, 0.2) is 0 Å². The second kappa shape index (κ2) is 9.64. The molecule has 3 N–H and O–H groups in total. The van der Waals surface area contributed by atoms with Crippen molar-refractivity contribution in [3.63, 3.8) is 0 Å². The Morgan fingerprint density at radius 2 is 2.05 bits per heavy atom. The Labute approximate surface area is 133 Å². The molecule has 0 unspecified atom stereocenters. The van der Waals surface area contributed by atoms with Crippen LogP contribution >= 0.6 is 12.4 Å². The number of benzene rings is 1. The van der Waals surface area contributed by atoms with Crippen LogP contribution < -0.4 is 15.8 Å². The normalized spacial score (nSPS) is 11.7. The van der Waals surface area contributed by atoms with Crippen molar-refractivity contribution in [2.45, 2.75) is 39.7 Å². The molecule has 1 aromatic rings. The molecule has 0 saturated carbocycles. The van der Waals surface area contributed by atoms with Crippen LogP contribution in [0.2, 0.25) is 0 Å². The molecule has 0 aliphatic heterocycles. The van der Waals surface area contributed by atoms with Gasteiger partial charge in [-0.05, 0) is 37.3 Å². The standard InChI is InChI=1S/C16H26N2O2.ClH/c1-11(2)9-14(17)16(19)18-8-7-13-10-12(3)5-6-15(13)20-4;/h5-6,10-11,14H,7-9,17H2,1-4H3,(H,18,19);1H/t14-;/m0./s1. The highest BCUT2D eigenvalue weighted by Crippen LogP contribution is 2.19. The Bertz CT molecular complexity index is 450. The summed E-state index contributed by atoms with van der Waals surface area (Å²) in [7, 11) is 1.66. The molecular formula is C16H27ClN2O2. The molecule has 120 valence electrons. The van der Waals surface area contributed by atoms with E-state index >= 15 is 0 Å². The van der Waals surface area contributed by atoms with Crippen LogP contribution in [0.4, 0.5) is 0 Å². The lowest BCUT2D eigenvalue weighted by Crippen LogP contribution is -2.42. The molecular weight excluding hydrogens is 288 g/mol. The molecule has 0 heterocycles. The zero-order valence-corrected chi connectivity index (χ0v) is 14.1. The van der Waals surface area contributed by atoms with Gasteiger partial charge in [-0.25, -0.2) is 0 Å². The molecule has 0 fully saturated rings. The van der Waals surface area contributed by atoms with E-state index in [1.165, 1.54) is 5.56 Å². The number of aryl methyl sites for hydroxylation is 1. The first-order valence-electron chi connectivity index (χ1n) is 7.10. The first-order valence-corrected chi connectivity index (χ1v) is 7.10. The van der Waals surface area contributed by atoms with Gasteiger partial charge in [-0.3, -0.25) is 4.79 Å². The molecule has 21 heavy (non-hydrogen) atoms. The number of nitrogens with one attached hydrogen (secondary N) is 1. The lowest BCUT2D eigenvalue weighted by atomic mass is 10.0. The summed E-state index contributed by atoms with van der Waals surface area (Å²) in [5.74, 6) is 1.20. The maximum atomic E-state index is 11.8. The number of methoxy groups -OCH3 is 1. The highest BCUT2D eigenvalue weighted by atomic mass is 35.5. The summed E-state index contributed by atoms with van der Waals surface area (Å²) >= 11 is 0. The van der Waals surface area contributed by atoms with Gasteiger partial charge >= 0.3 is 0 Å². The molecule has 1 amide bonds. The zero-order chi connectivity index (χ0) is 15.1. The van der Waals surface area contributed by atoms with Gasteiger partial charge in [0.05, 0.1) is 13.2 Å². The van der Waals surface area contributed by atoms with Crippen LogP contribution in [0.1, 0.15) is 31.4 Å².